The summed E-state index contributed by atoms with van der Waals surface area (Å²) in [6.07, 6.45) is 1.04. The first kappa shape index (κ1) is 12.7. The number of halogens is 1. The molecule has 5 heteroatoms. The van der Waals surface area contributed by atoms with Crippen LogP contribution in [0.2, 0.25) is 0 Å². The van der Waals surface area contributed by atoms with Crippen LogP contribution in [0, 0.1) is 5.82 Å². The highest BCUT2D eigenvalue weighted by molar-refractivity contribution is 5.53. The van der Waals surface area contributed by atoms with E-state index in [0.29, 0.717) is 17.3 Å². The molecule has 1 N–H and O–H groups in total. The van der Waals surface area contributed by atoms with Gasteiger partial charge in [-0.25, -0.2) is 4.39 Å². The molecule has 1 unspecified atom stereocenters. The zero-order valence-corrected chi connectivity index (χ0v) is 10.5. The van der Waals surface area contributed by atoms with Gasteiger partial charge in [0.05, 0.1) is 6.04 Å². The summed E-state index contributed by atoms with van der Waals surface area (Å²) in [5.74, 6) is 0.619. The van der Waals surface area contributed by atoms with Gasteiger partial charge in [-0.2, -0.15) is 4.98 Å². The molecule has 4 nitrogen and oxygen atoms in total. The Morgan fingerprint density at radius 2 is 2.28 bits per heavy atom. The Balaban J connectivity index is 2.15. The fraction of sp³-hybridized carbons (Fsp3) is 0.385. The summed E-state index contributed by atoms with van der Waals surface area (Å²) < 4.78 is 18.3. The van der Waals surface area contributed by atoms with Crippen molar-refractivity contribution in [2.45, 2.75) is 26.3 Å². The maximum atomic E-state index is 13.1. The summed E-state index contributed by atoms with van der Waals surface area (Å²) in [5.41, 5.74) is 0.618. The van der Waals surface area contributed by atoms with Crippen LogP contribution >= 0.6 is 0 Å². The third-order valence-corrected chi connectivity index (χ3v) is 2.60. The molecule has 0 spiro atoms. The quantitative estimate of drug-likeness (QED) is 0.885. The number of nitrogens with zero attached hydrogens (tertiary/aromatic N) is 2. The van der Waals surface area contributed by atoms with Gasteiger partial charge in [0, 0.05) is 5.56 Å². The second-order valence-corrected chi connectivity index (χ2v) is 4.14. The van der Waals surface area contributed by atoms with Crippen LogP contribution in [0.25, 0.3) is 11.4 Å². The van der Waals surface area contributed by atoms with Gasteiger partial charge in [0.2, 0.25) is 11.7 Å². The van der Waals surface area contributed by atoms with Crippen molar-refractivity contribution in [2.75, 3.05) is 6.54 Å². The minimum Gasteiger partial charge on any atom is -0.337 e. The van der Waals surface area contributed by atoms with Crippen LogP contribution in [0.4, 0.5) is 4.39 Å². The normalized spacial score (nSPS) is 12.6. The van der Waals surface area contributed by atoms with E-state index in [9.17, 15) is 4.39 Å². The van der Waals surface area contributed by atoms with Crippen molar-refractivity contribution < 1.29 is 8.91 Å². The lowest BCUT2D eigenvalue weighted by Gasteiger charge is -2.06. The van der Waals surface area contributed by atoms with E-state index in [4.69, 9.17) is 4.52 Å². The van der Waals surface area contributed by atoms with Gasteiger partial charge < -0.3 is 9.84 Å². The van der Waals surface area contributed by atoms with E-state index in [1.165, 1.54) is 12.1 Å². The first-order valence-electron chi connectivity index (χ1n) is 6.03. The second-order valence-electron chi connectivity index (χ2n) is 4.14. The van der Waals surface area contributed by atoms with E-state index >= 15 is 0 Å². The lowest BCUT2D eigenvalue weighted by molar-refractivity contribution is 0.340. The van der Waals surface area contributed by atoms with Crippen molar-refractivity contribution in [2.24, 2.45) is 0 Å². The molecule has 0 saturated carbocycles. The summed E-state index contributed by atoms with van der Waals surface area (Å²) in [7, 11) is 0. The number of benzene rings is 1. The van der Waals surface area contributed by atoms with Gasteiger partial charge >= 0.3 is 0 Å². The minimum atomic E-state index is -0.309. The van der Waals surface area contributed by atoms with E-state index in [0.717, 1.165) is 13.0 Å². The van der Waals surface area contributed by atoms with Crippen LogP contribution in [0.15, 0.2) is 28.8 Å². The number of hydrogen-bond acceptors (Lipinski definition) is 4. The third kappa shape index (κ3) is 2.92. The smallest absolute Gasteiger partial charge is 0.243 e. The Hall–Kier alpha value is -1.75. The number of rotatable bonds is 5. The zero-order chi connectivity index (χ0) is 13.0. The van der Waals surface area contributed by atoms with Crippen molar-refractivity contribution in [3.8, 4) is 11.4 Å². The van der Waals surface area contributed by atoms with Crippen molar-refractivity contribution >= 4 is 0 Å². The molecule has 0 radical (unpaired) electrons. The topological polar surface area (TPSA) is 51.0 Å². The van der Waals surface area contributed by atoms with Crippen molar-refractivity contribution in [1.82, 2.24) is 15.5 Å². The number of nitrogens with one attached hydrogen (secondary N) is 1. The van der Waals surface area contributed by atoms with Crippen molar-refractivity contribution in [3.05, 3.63) is 36.0 Å². The van der Waals surface area contributed by atoms with E-state index in [2.05, 4.69) is 22.4 Å². The highest BCUT2D eigenvalue weighted by Gasteiger charge is 2.14. The van der Waals surface area contributed by atoms with Crippen LogP contribution in [-0.4, -0.2) is 16.7 Å². The lowest BCUT2D eigenvalue weighted by Crippen LogP contribution is -2.19. The Bertz CT molecular complexity index is 512. The SMILES string of the molecule is CCCNC(C)c1nc(-c2cccc(F)c2)no1. The molecule has 2 aromatic rings. The Morgan fingerprint density at radius 1 is 1.44 bits per heavy atom. The standard InChI is InChI=1S/C13H16FN3O/c1-3-7-15-9(2)13-16-12(17-18-13)10-5-4-6-11(14)8-10/h4-6,8-9,15H,3,7H2,1-2H3. The van der Waals surface area contributed by atoms with Crippen LogP contribution in [0.1, 0.15) is 32.2 Å². The van der Waals surface area contributed by atoms with Crippen molar-refractivity contribution in [1.29, 1.82) is 0 Å². The zero-order valence-electron chi connectivity index (χ0n) is 10.5. The molecule has 0 fully saturated rings. The molecule has 0 aliphatic carbocycles. The predicted octanol–water partition coefficient (Wildman–Crippen LogP) is 2.94. The Kier molecular flexibility index (Phi) is 4.04. The molecule has 0 amide bonds. The van der Waals surface area contributed by atoms with Crippen LogP contribution in [0.3, 0.4) is 0 Å². The van der Waals surface area contributed by atoms with Crippen LogP contribution in [0.5, 0.6) is 0 Å². The Morgan fingerprint density at radius 3 is 3.00 bits per heavy atom. The molecule has 1 aromatic carbocycles. The minimum absolute atomic E-state index is 0.000223. The summed E-state index contributed by atoms with van der Waals surface area (Å²) in [5, 5.41) is 7.12. The summed E-state index contributed by atoms with van der Waals surface area (Å²) >= 11 is 0. The maximum absolute atomic E-state index is 13.1. The van der Waals surface area contributed by atoms with E-state index < -0.39 is 0 Å². The van der Waals surface area contributed by atoms with Gasteiger partial charge in [-0.15, -0.1) is 0 Å². The van der Waals surface area contributed by atoms with Gasteiger partial charge in [0.15, 0.2) is 0 Å². The maximum Gasteiger partial charge on any atom is 0.243 e. The molecule has 0 aliphatic heterocycles. The molecule has 96 valence electrons. The van der Waals surface area contributed by atoms with Gasteiger partial charge in [0.1, 0.15) is 5.82 Å². The van der Waals surface area contributed by atoms with E-state index in [1.807, 2.05) is 6.92 Å². The largest absolute Gasteiger partial charge is 0.337 e. The molecule has 0 bridgehead atoms. The van der Waals surface area contributed by atoms with E-state index in [1.54, 1.807) is 12.1 Å². The molecular formula is C13H16FN3O. The van der Waals surface area contributed by atoms with Crippen molar-refractivity contribution in [3.63, 3.8) is 0 Å². The van der Waals surface area contributed by atoms with Gasteiger partial charge in [0.25, 0.3) is 0 Å². The monoisotopic (exact) mass is 249 g/mol. The molecular weight excluding hydrogens is 233 g/mol. The molecule has 0 aliphatic rings. The fourth-order valence-electron chi connectivity index (χ4n) is 1.60. The molecule has 1 atom stereocenters. The molecule has 18 heavy (non-hydrogen) atoms. The Labute approximate surface area is 105 Å². The van der Waals surface area contributed by atoms with E-state index in [-0.39, 0.29) is 11.9 Å². The molecule has 1 heterocycles. The molecule has 2 rings (SSSR count). The van der Waals surface area contributed by atoms with Gasteiger partial charge in [-0.05, 0) is 32.0 Å². The summed E-state index contributed by atoms with van der Waals surface area (Å²) in [6, 6.07) is 6.15. The van der Waals surface area contributed by atoms with Crippen LogP contribution < -0.4 is 5.32 Å². The predicted molar refractivity (Wildman–Crippen MR) is 66.4 cm³/mol. The highest BCUT2D eigenvalue weighted by atomic mass is 19.1. The van der Waals surface area contributed by atoms with Gasteiger partial charge in [-0.3, -0.25) is 0 Å². The molecule has 0 saturated heterocycles. The average Bonchev–Trinajstić information content (AvgIpc) is 2.85. The third-order valence-electron chi connectivity index (χ3n) is 2.60. The number of hydrogen-bond donors (Lipinski definition) is 1. The summed E-state index contributed by atoms with van der Waals surface area (Å²) in [6.45, 7) is 4.93. The first-order valence-corrected chi connectivity index (χ1v) is 6.03. The first-order chi connectivity index (χ1) is 8.70. The lowest BCUT2D eigenvalue weighted by atomic mass is 10.2. The van der Waals surface area contributed by atoms with Crippen LogP contribution in [-0.2, 0) is 0 Å². The molecule has 1 aromatic heterocycles. The van der Waals surface area contributed by atoms with Gasteiger partial charge in [-0.1, -0.05) is 24.2 Å². The summed E-state index contributed by atoms with van der Waals surface area (Å²) in [4.78, 5) is 4.27. The second kappa shape index (κ2) is 5.73. The fourth-order valence-corrected chi connectivity index (χ4v) is 1.60. The average molecular weight is 249 g/mol. The highest BCUT2D eigenvalue weighted by Crippen LogP contribution is 2.19. The number of aromatic nitrogens is 2.